The van der Waals surface area contributed by atoms with E-state index in [9.17, 15) is 27.9 Å². The maximum atomic E-state index is 13.8. The summed E-state index contributed by atoms with van der Waals surface area (Å²) in [6, 6.07) is 9.70. The van der Waals surface area contributed by atoms with Crippen LogP contribution >= 0.6 is 0 Å². The molecule has 250 valence electrons. The Morgan fingerprint density at radius 1 is 1.02 bits per heavy atom. The molecule has 7 rings (SSSR count). The lowest BCUT2D eigenvalue weighted by atomic mass is 9.94. The number of aromatic nitrogens is 3. The third-order valence-electron chi connectivity index (χ3n) is 10.1. The van der Waals surface area contributed by atoms with Gasteiger partial charge in [-0.25, -0.2) is 9.31 Å². The van der Waals surface area contributed by atoms with Crippen LogP contribution in [0.4, 0.5) is 18.0 Å². The second-order valence-corrected chi connectivity index (χ2v) is 14.7. The van der Waals surface area contributed by atoms with E-state index in [1.165, 1.54) is 12.1 Å². The number of rotatable bonds is 6. The summed E-state index contributed by atoms with van der Waals surface area (Å²) in [5, 5.41) is 19.1. The van der Waals surface area contributed by atoms with Gasteiger partial charge in [0.2, 0.25) is 0 Å². The van der Waals surface area contributed by atoms with E-state index in [1.807, 2.05) is 49.3 Å². The molecule has 2 saturated carbocycles. The Labute approximate surface area is 270 Å². The SMILES string of the molecule is Cc1c(-c2cc3ccc(C(C)(O)C(F)(F)F)cc3n2CC2CC2)nn2cc(C(=O)N3CC4CCC3[C@@H]4NC(=O)OC(C)(C)C)ccc12. The number of hydrogen-bond donors (Lipinski definition) is 2. The minimum absolute atomic E-state index is 0.119. The number of nitrogens with one attached hydrogen (secondary N) is 1. The van der Waals surface area contributed by atoms with Crippen molar-refractivity contribution in [3.05, 3.63) is 59.3 Å². The molecule has 0 spiro atoms. The van der Waals surface area contributed by atoms with Crippen molar-refractivity contribution in [2.24, 2.45) is 11.8 Å². The number of benzene rings is 1. The smallest absolute Gasteiger partial charge is 0.421 e. The maximum absolute atomic E-state index is 13.8. The fraction of sp³-hybridized carbons (Fsp3) is 0.514. The average Bonchev–Trinajstić information content (AvgIpc) is 3.34. The predicted molar refractivity (Wildman–Crippen MR) is 170 cm³/mol. The zero-order valence-electron chi connectivity index (χ0n) is 27.2. The Kier molecular flexibility index (Phi) is 7.20. The number of aliphatic hydroxyl groups is 1. The van der Waals surface area contributed by atoms with E-state index in [-0.39, 0.29) is 29.5 Å². The topological polar surface area (TPSA) is 101 Å². The van der Waals surface area contributed by atoms with E-state index in [1.54, 1.807) is 22.8 Å². The second-order valence-electron chi connectivity index (χ2n) is 14.7. The van der Waals surface area contributed by atoms with E-state index in [0.717, 1.165) is 54.8 Å². The molecule has 4 atom stereocenters. The fourth-order valence-electron chi connectivity index (χ4n) is 7.27. The lowest BCUT2D eigenvalue weighted by Crippen LogP contribution is -2.46. The van der Waals surface area contributed by atoms with Gasteiger partial charge in [-0.2, -0.15) is 18.3 Å². The largest absolute Gasteiger partial charge is 0.444 e. The molecule has 1 aliphatic heterocycles. The van der Waals surface area contributed by atoms with Crippen molar-refractivity contribution < 1.29 is 32.6 Å². The summed E-state index contributed by atoms with van der Waals surface area (Å²) in [4.78, 5) is 28.2. The lowest BCUT2D eigenvalue weighted by Gasteiger charge is -2.28. The van der Waals surface area contributed by atoms with Gasteiger partial charge in [0.25, 0.3) is 5.91 Å². The number of nitrogens with zero attached hydrogens (tertiary/aromatic N) is 4. The standard InChI is InChI=1S/C35H40F3N5O4/c1-19-25-12-10-23(31(44)42-17-22-9-13-26(42)30(22)39-32(45)47-33(2,3)4)18-43(25)40-29(19)28-14-21-8-11-24(34(5,46)35(36,37)38)15-27(21)41(28)16-20-6-7-20/h8,10-12,14-15,18,20,22,26,30,46H,6-7,9,13,16-17H2,1-5H3,(H,39,45)/t22?,26?,30-,34?/m1/s1. The van der Waals surface area contributed by atoms with Crippen molar-refractivity contribution in [3.63, 3.8) is 0 Å². The first kappa shape index (κ1) is 31.5. The van der Waals surface area contributed by atoms with Gasteiger partial charge >= 0.3 is 12.3 Å². The monoisotopic (exact) mass is 651 g/mol. The number of alkyl carbamates (subject to hydrolysis) is 1. The van der Waals surface area contributed by atoms with Crippen LogP contribution in [0, 0.1) is 18.8 Å². The van der Waals surface area contributed by atoms with E-state index >= 15 is 0 Å². The summed E-state index contributed by atoms with van der Waals surface area (Å²) in [5.41, 5.74) is 0.423. The summed E-state index contributed by atoms with van der Waals surface area (Å²) >= 11 is 0. The molecular formula is C35H40F3N5O4. The summed E-state index contributed by atoms with van der Waals surface area (Å²) in [7, 11) is 0. The van der Waals surface area contributed by atoms with Crippen LogP contribution in [0.2, 0.25) is 0 Å². The molecule has 1 saturated heterocycles. The van der Waals surface area contributed by atoms with Crippen molar-refractivity contribution in [2.75, 3.05) is 6.54 Å². The number of carbonyl (C=O) groups is 2. The van der Waals surface area contributed by atoms with Crippen molar-refractivity contribution in [2.45, 2.75) is 96.3 Å². The van der Waals surface area contributed by atoms with Gasteiger partial charge in [0.1, 0.15) is 11.3 Å². The van der Waals surface area contributed by atoms with Crippen molar-refractivity contribution in [3.8, 4) is 11.4 Å². The molecule has 4 heterocycles. The highest BCUT2D eigenvalue weighted by molar-refractivity contribution is 5.95. The molecule has 2 aliphatic carbocycles. The Hall–Kier alpha value is -4.06. The molecule has 0 radical (unpaired) electrons. The van der Waals surface area contributed by atoms with Gasteiger partial charge in [0.05, 0.1) is 28.9 Å². The van der Waals surface area contributed by atoms with E-state index in [0.29, 0.717) is 35.8 Å². The number of aryl methyl sites for hydroxylation is 1. The first-order chi connectivity index (χ1) is 22.0. The van der Waals surface area contributed by atoms with Crippen molar-refractivity contribution >= 4 is 28.4 Å². The van der Waals surface area contributed by atoms with Crippen LogP contribution in [0.3, 0.4) is 0 Å². The first-order valence-electron chi connectivity index (χ1n) is 16.2. The van der Waals surface area contributed by atoms with Gasteiger partial charge in [-0.3, -0.25) is 4.79 Å². The molecule has 3 aliphatic rings. The minimum atomic E-state index is -4.82. The number of amides is 2. The second kappa shape index (κ2) is 10.7. The Balaban J connectivity index is 1.20. The van der Waals surface area contributed by atoms with Crippen LogP contribution in [-0.4, -0.2) is 66.6 Å². The molecule has 3 aromatic heterocycles. The Morgan fingerprint density at radius 2 is 1.77 bits per heavy atom. The Morgan fingerprint density at radius 3 is 2.45 bits per heavy atom. The van der Waals surface area contributed by atoms with Crippen LogP contribution in [0.15, 0.2) is 42.6 Å². The minimum Gasteiger partial charge on any atom is -0.444 e. The molecule has 47 heavy (non-hydrogen) atoms. The van der Waals surface area contributed by atoms with Crippen LogP contribution in [-0.2, 0) is 16.9 Å². The first-order valence-corrected chi connectivity index (χ1v) is 16.2. The number of pyridine rings is 1. The quantitative estimate of drug-likeness (QED) is 0.246. The molecule has 2 bridgehead atoms. The van der Waals surface area contributed by atoms with E-state index in [2.05, 4.69) is 5.32 Å². The molecule has 12 heteroatoms. The number of ether oxygens (including phenoxy) is 1. The van der Waals surface area contributed by atoms with Gasteiger partial charge in [-0.1, -0.05) is 12.1 Å². The fourth-order valence-corrected chi connectivity index (χ4v) is 7.27. The number of fused-ring (bicyclic) bond motifs is 4. The highest BCUT2D eigenvalue weighted by Gasteiger charge is 2.52. The van der Waals surface area contributed by atoms with Crippen molar-refractivity contribution in [1.82, 2.24) is 24.4 Å². The molecule has 3 fully saturated rings. The molecule has 4 aromatic rings. The third-order valence-corrected chi connectivity index (χ3v) is 10.1. The van der Waals surface area contributed by atoms with Gasteiger partial charge in [-0.15, -0.1) is 0 Å². The van der Waals surface area contributed by atoms with E-state index in [4.69, 9.17) is 9.84 Å². The number of alkyl halides is 3. The molecule has 2 amide bonds. The molecular weight excluding hydrogens is 611 g/mol. The van der Waals surface area contributed by atoms with Crippen LogP contribution in [0.25, 0.3) is 27.8 Å². The number of likely N-dealkylation sites (tertiary alicyclic amines) is 1. The third kappa shape index (κ3) is 5.54. The Bertz CT molecular complexity index is 1900. The average molecular weight is 652 g/mol. The number of carbonyl (C=O) groups excluding carboxylic acids is 2. The number of piperidine rings is 1. The zero-order valence-corrected chi connectivity index (χ0v) is 27.2. The molecule has 1 aromatic carbocycles. The highest BCUT2D eigenvalue weighted by atomic mass is 19.4. The summed E-state index contributed by atoms with van der Waals surface area (Å²) in [6.45, 7) is 9.35. The molecule has 3 unspecified atom stereocenters. The summed E-state index contributed by atoms with van der Waals surface area (Å²) in [6.07, 6.45) is 0.242. The predicted octanol–water partition coefficient (Wildman–Crippen LogP) is 6.57. The summed E-state index contributed by atoms with van der Waals surface area (Å²) in [5.74, 6) is 0.450. The highest BCUT2D eigenvalue weighted by Crippen LogP contribution is 2.42. The number of halogens is 3. The summed E-state index contributed by atoms with van der Waals surface area (Å²) < 4.78 is 50.3. The molecule has 9 nitrogen and oxygen atoms in total. The van der Waals surface area contributed by atoms with Gasteiger partial charge in [-0.05, 0) is 102 Å². The van der Waals surface area contributed by atoms with Crippen LogP contribution in [0.1, 0.15) is 74.9 Å². The van der Waals surface area contributed by atoms with Crippen molar-refractivity contribution in [1.29, 1.82) is 0 Å². The van der Waals surface area contributed by atoms with Crippen LogP contribution < -0.4 is 5.32 Å². The zero-order chi connectivity index (χ0) is 33.6. The normalized spacial score (nSPS) is 22.7. The maximum Gasteiger partial charge on any atom is 0.421 e. The lowest BCUT2D eigenvalue weighted by molar-refractivity contribution is -0.258. The van der Waals surface area contributed by atoms with Crippen LogP contribution in [0.5, 0.6) is 0 Å². The number of hydrogen-bond acceptors (Lipinski definition) is 5. The van der Waals surface area contributed by atoms with Gasteiger partial charge in [0.15, 0.2) is 5.60 Å². The van der Waals surface area contributed by atoms with Gasteiger partial charge < -0.3 is 24.6 Å². The van der Waals surface area contributed by atoms with E-state index < -0.39 is 23.5 Å². The molecule has 2 N–H and O–H groups in total. The van der Waals surface area contributed by atoms with Gasteiger partial charge in [0, 0.05) is 35.8 Å².